The van der Waals surface area contributed by atoms with Gasteiger partial charge in [0.05, 0.1) is 23.5 Å². The molecule has 1 aliphatic carbocycles. The molecule has 0 saturated heterocycles. The normalized spacial score (nSPS) is 16.7. The third-order valence-electron chi connectivity index (χ3n) is 3.04. The number of nitrogens with zero attached hydrogens (tertiary/aromatic N) is 3. The zero-order valence-electron chi connectivity index (χ0n) is 9.67. The van der Waals surface area contributed by atoms with Crippen molar-refractivity contribution in [3.05, 3.63) is 47.1 Å². The van der Waals surface area contributed by atoms with Crippen LogP contribution in [0.1, 0.15) is 28.8 Å². The van der Waals surface area contributed by atoms with E-state index in [1.54, 1.807) is 0 Å². The number of aromatic nitrogens is 2. The molecule has 1 aromatic carbocycles. The van der Waals surface area contributed by atoms with Crippen LogP contribution in [0.5, 0.6) is 0 Å². The second kappa shape index (κ2) is 4.83. The lowest BCUT2D eigenvalue weighted by Crippen LogP contribution is -2.19. The summed E-state index contributed by atoms with van der Waals surface area (Å²) in [4.78, 5) is 4.39. The molecule has 0 aliphatic heterocycles. The van der Waals surface area contributed by atoms with Gasteiger partial charge in [0.25, 0.3) is 0 Å². The lowest BCUT2D eigenvalue weighted by molar-refractivity contribution is 0.381. The van der Waals surface area contributed by atoms with E-state index in [0.29, 0.717) is 17.4 Å². The summed E-state index contributed by atoms with van der Waals surface area (Å²) in [6, 6.07) is 10.4. The molecule has 0 bridgehead atoms. The Morgan fingerprint density at radius 3 is 3.17 bits per heavy atom. The number of hydrogen-bond acceptors (Lipinski definition) is 5. The molecule has 5 heteroatoms. The highest BCUT2D eigenvalue weighted by Crippen LogP contribution is 2.38. The summed E-state index contributed by atoms with van der Waals surface area (Å²) < 4.78 is 5.19. The van der Waals surface area contributed by atoms with Crippen LogP contribution in [0.3, 0.4) is 0 Å². The van der Waals surface area contributed by atoms with Crippen LogP contribution < -0.4 is 0 Å². The number of fused-ring (bicyclic) bond motifs is 1. The summed E-state index contributed by atoms with van der Waals surface area (Å²) in [5.74, 6) is 2.70. The highest BCUT2D eigenvalue weighted by Gasteiger charge is 2.30. The molecule has 90 valence electrons. The molecule has 1 heterocycles. The first kappa shape index (κ1) is 11.3. The zero-order chi connectivity index (χ0) is 12.4. The van der Waals surface area contributed by atoms with Gasteiger partial charge in [0.2, 0.25) is 5.89 Å². The highest BCUT2D eigenvalue weighted by molar-refractivity contribution is 7.98. The summed E-state index contributed by atoms with van der Waals surface area (Å²) in [7, 11) is 0. The quantitative estimate of drug-likeness (QED) is 0.787. The Bertz CT molecular complexity index is 602. The van der Waals surface area contributed by atoms with Crippen molar-refractivity contribution in [3.63, 3.8) is 0 Å². The van der Waals surface area contributed by atoms with Crippen LogP contribution in [-0.4, -0.2) is 15.9 Å². The van der Waals surface area contributed by atoms with Crippen LogP contribution in [0.25, 0.3) is 0 Å². The minimum atomic E-state index is 0.277. The predicted octanol–water partition coefficient (Wildman–Crippen LogP) is 2.51. The van der Waals surface area contributed by atoms with E-state index in [1.165, 1.54) is 22.9 Å². The first-order valence-electron chi connectivity index (χ1n) is 5.73. The van der Waals surface area contributed by atoms with E-state index >= 15 is 0 Å². The van der Waals surface area contributed by atoms with Crippen LogP contribution in [0.2, 0.25) is 0 Å². The second-order valence-electron chi connectivity index (χ2n) is 4.15. The fraction of sp³-hybridized carbons (Fsp3) is 0.308. The van der Waals surface area contributed by atoms with Gasteiger partial charge in [0, 0.05) is 0 Å². The fourth-order valence-corrected chi connectivity index (χ4v) is 2.63. The summed E-state index contributed by atoms with van der Waals surface area (Å²) >= 11 is 1.49. The van der Waals surface area contributed by atoms with E-state index in [0.717, 1.165) is 12.2 Å². The Kier molecular flexibility index (Phi) is 3.03. The Morgan fingerprint density at radius 1 is 1.44 bits per heavy atom. The van der Waals surface area contributed by atoms with E-state index in [9.17, 15) is 0 Å². The van der Waals surface area contributed by atoms with Crippen LogP contribution >= 0.6 is 11.8 Å². The van der Waals surface area contributed by atoms with Gasteiger partial charge in [-0.2, -0.15) is 10.2 Å². The number of thioether (sulfide) groups is 1. The maximum atomic E-state index is 8.46. The highest BCUT2D eigenvalue weighted by atomic mass is 32.2. The first-order chi connectivity index (χ1) is 8.88. The van der Waals surface area contributed by atoms with Gasteiger partial charge in [0.1, 0.15) is 0 Å². The Morgan fingerprint density at radius 2 is 2.33 bits per heavy atom. The second-order valence-corrected chi connectivity index (χ2v) is 5.14. The molecule has 4 nitrogen and oxygen atoms in total. The maximum absolute atomic E-state index is 8.46. The van der Waals surface area contributed by atoms with Crippen molar-refractivity contribution in [3.8, 4) is 6.07 Å². The molecule has 0 amide bonds. The first-order valence-corrected chi connectivity index (χ1v) is 6.89. The van der Waals surface area contributed by atoms with Crippen molar-refractivity contribution < 1.29 is 4.52 Å². The Hall–Kier alpha value is -1.80. The van der Waals surface area contributed by atoms with E-state index in [4.69, 9.17) is 9.78 Å². The SMILES string of the molecule is N#CCSCc1nc(C2Cc3ccccc32)no1. The molecule has 2 aromatic rings. The maximum Gasteiger partial charge on any atom is 0.236 e. The molecule has 0 N–H and O–H groups in total. The molecule has 0 saturated carbocycles. The van der Waals surface area contributed by atoms with Gasteiger partial charge < -0.3 is 4.52 Å². The molecular weight excluding hydrogens is 246 g/mol. The zero-order valence-corrected chi connectivity index (χ0v) is 10.5. The van der Waals surface area contributed by atoms with Gasteiger partial charge in [-0.15, -0.1) is 11.8 Å². The van der Waals surface area contributed by atoms with Crippen LogP contribution in [0, 0.1) is 11.3 Å². The van der Waals surface area contributed by atoms with Gasteiger partial charge in [-0.3, -0.25) is 0 Å². The van der Waals surface area contributed by atoms with Crippen molar-refractivity contribution in [2.24, 2.45) is 0 Å². The summed E-state index contributed by atoms with van der Waals surface area (Å²) in [5, 5.41) is 12.5. The minimum Gasteiger partial charge on any atom is -0.338 e. The van der Waals surface area contributed by atoms with E-state index < -0.39 is 0 Å². The molecule has 1 aromatic heterocycles. The fourth-order valence-electron chi connectivity index (χ4n) is 2.14. The van der Waals surface area contributed by atoms with Gasteiger partial charge in [-0.1, -0.05) is 29.4 Å². The van der Waals surface area contributed by atoms with Gasteiger partial charge in [0.15, 0.2) is 5.82 Å². The Labute approximate surface area is 109 Å². The molecule has 0 radical (unpaired) electrons. The predicted molar refractivity (Wildman–Crippen MR) is 68.1 cm³/mol. The van der Waals surface area contributed by atoms with E-state index in [1.807, 2.05) is 6.07 Å². The third kappa shape index (κ3) is 2.00. The lowest BCUT2D eigenvalue weighted by Gasteiger charge is -2.27. The molecule has 0 spiro atoms. The monoisotopic (exact) mass is 257 g/mol. The van der Waals surface area contributed by atoms with Crippen molar-refractivity contribution in [1.82, 2.24) is 10.1 Å². The molecular formula is C13H11N3OS. The van der Waals surface area contributed by atoms with E-state index in [-0.39, 0.29) is 5.92 Å². The molecule has 3 rings (SSSR count). The minimum absolute atomic E-state index is 0.277. The molecule has 1 atom stereocenters. The van der Waals surface area contributed by atoms with Gasteiger partial charge in [-0.25, -0.2) is 0 Å². The molecule has 0 fully saturated rings. The van der Waals surface area contributed by atoms with Crippen LogP contribution in [0.15, 0.2) is 28.8 Å². The van der Waals surface area contributed by atoms with Gasteiger partial charge >= 0.3 is 0 Å². The van der Waals surface area contributed by atoms with E-state index in [2.05, 4.69) is 34.4 Å². The molecule has 1 unspecified atom stereocenters. The smallest absolute Gasteiger partial charge is 0.236 e. The molecule has 1 aliphatic rings. The van der Waals surface area contributed by atoms with Crippen LogP contribution in [-0.2, 0) is 12.2 Å². The summed E-state index contributed by atoms with van der Waals surface area (Å²) in [6.07, 6.45) is 0.987. The van der Waals surface area contributed by atoms with Crippen molar-refractivity contribution in [2.45, 2.75) is 18.1 Å². The van der Waals surface area contributed by atoms with Crippen molar-refractivity contribution in [2.75, 3.05) is 5.75 Å². The Balaban J connectivity index is 1.70. The lowest BCUT2D eigenvalue weighted by atomic mass is 9.77. The van der Waals surface area contributed by atoms with Crippen molar-refractivity contribution in [1.29, 1.82) is 5.26 Å². The topological polar surface area (TPSA) is 62.7 Å². The van der Waals surface area contributed by atoms with Crippen LogP contribution in [0.4, 0.5) is 0 Å². The summed E-state index contributed by atoms with van der Waals surface area (Å²) in [5.41, 5.74) is 2.67. The number of nitriles is 1. The number of rotatable bonds is 4. The third-order valence-corrected chi connectivity index (χ3v) is 3.83. The number of benzene rings is 1. The number of hydrogen-bond donors (Lipinski definition) is 0. The standard InChI is InChI=1S/C13H11N3OS/c14-5-6-18-8-12-15-13(16-17-12)11-7-9-3-1-2-4-10(9)11/h1-4,11H,6-8H2. The average molecular weight is 257 g/mol. The summed E-state index contributed by atoms with van der Waals surface area (Å²) in [6.45, 7) is 0. The van der Waals surface area contributed by atoms with Crippen molar-refractivity contribution >= 4 is 11.8 Å². The average Bonchev–Trinajstić information content (AvgIpc) is 2.80. The largest absolute Gasteiger partial charge is 0.338 e. The molecule has 18 heavy (non-hydrogen) atoms. The van der Waals surface area contributed by atoms with Gasteiger partial charge in [-0.05, 0) is 17.5 Å².